The van der Waals surface area contributed by atoms with Crippen molar-refractivity contribution in [1.82, 2.24) is 15.6 Å². The molecule has 0 spiro atoms. The average molecular weight is 351 g/mol. The first-order valence-electron chi connectivity index (χ1n) is 7.89. The van der Waals surface area contributed by atoms with Gasteiger partial charge in [-0.25, -0.2) is 4.98 Å². The Kier molecular flexibility index (Phi) is 4.13. The Morgan fingerprint density at radius 3 is 3.13 bits per heavy atom. The Bertz CT molecular complexity index is 747. The van der Waals surface area contributed by atoms with E-state index >= 15 is 0 Å². The van der Waals surface area contributed by atoms with Crippen LogP contribution in [0.4, 0.5) is 0 Å². The van der Waals surface area contributed by atoms with Gasteiger partial charge in [0.15, 0.2) is 5.96 Å². The maximum absolute atomic E-state index is 6.01. The maximum atomic E-state index is 6.01. The number of halogens is 1. The summed E-state index contributed by atoms with van der Waals surface area (Å²) in [5.74, 6) is 0.809. The van der Waals surface area contributed by atoms with Crippen LogP contribution in [0.15, 0.2) is 23.2 Å². The molecule has 2 bridgehead atoms. The van der Waals surface area contributed by atoms with E-state index in [1.54, 1.807) is 18.4 Å². The number of rotatable bonds is 3. The van der Waals surface area contributed by atoms with Crippen LogP contribution in [-0.2, 0) is 11.3 Å². The van der Waals surface area contributed by atoms with Crippen LogP contribution in [0.3, 0.4) is 0 Å². The molecule has 2 N–H and O–H groups in total. The molecule has 122 valence electrons. The van der Waals surface area contributed by atoms with E-state index in [-0.39, 0.29) is 0 Å². The van der Waals surface area contributed by atoms with Crippen molar-refractivity contribution >= 4 is 39.1 Å². The van der Waals surface area contributed by atoms with Gasteiger partial charge in [0.05, 0.1) is 35.0 Å². The van der Waals surface area contributed by atoms with Crippen LogP contribution < -0.4 is 10.6 Å². The third-order valence-electron chi connectivity index (χ3n) is 4.45. The number of aliphatic imine (C=N–C) groups is 1. The number of guanidine groups is 1. The summed E-state index contributed by atoms with van der Waals surface area (Å²) in [5, 5.41) is 8.57. The number of benzene rings is 1. The van der Waals surface area contributed by atoms with E-state index in [0.717, 1.165) is 39.0 Å². The summed E-state index contributed by atoms with van der Waals surface area (Å²) in [7, 11) is 1.79. The molecule has 2 fully saturated rings. The Morgan fingerprint density at radius 2 is 2.39 bits per heavy atom. The Hall–Kier alpha value is -1.37. The molecule has 1 aromatic carbocycles. The number of nitrogens with zero attached hydrogens (tertiary/aromatic N) is 2. The van der Waals surface area contributed by atoms with E-state index in [1.807, 2.05) is 18.2 Å². The highest BCUT2D eigenvalue weighted by Gasteiger charge is 2.41. The van der Waals surface area contributed by atoms with Crippen molar-refractivity contribution in [1.29, 1.82) is 0 Å². The van der Waals surface area contributed by atoms with Crippen molar-refractivity contribution in [3.8, 4) is 0 Å². The molecular weight excluding hydrogens is 332 g/mol. The van der Waals surface area contributed by atoms with E-state index < -0.39 is 0 Å². The van der Waals surface area contributed by atoms with Crippen LogP contribution >= 0.6 is 22.9 Å². The molecule has 0 saturated carbocycles. The number of fused-ring (bicyclic) bond motifs is 3. The Labute approximate surface area is 144 Å². The molecule has 3 atom stereocenters. The van der Waals surface area contributed by atoms with Crippen molar-refractivity contribution in [2.24, 2.45) is 4.99 Å². The molecule has 3 heterocycles. The maximum Gasteiger partial charge on any atom is 0.191 e. The topological polar surface area (TPSA) is 58.5 Å². The predicted octanol–water partition coefficient (Wildman–Crippen LogP) is 2.93. The number of thiazole rings is 1. The second-order valence-corrected chi connectivity index (χ2v) is 7.56. The van der Waals surface area contributed by atoms with E-state index in [2.05, 4.69) is 20.6 Å². The lowest BCUT2D eigenvalue weighted by Crippen LogP contribution is -2.47. The summed E-state index contributed by atoms with van der Waals surface area (Å²) >= 11 is 7.69. The molecule has 5 nitrogen and oxygen atoms in total. The van der Waals surface area contributed by atoms with Gasteiger partial charge in [-0.1, -0.05) is 11.6 Å². The highest BCUT2D eigenvalue weighted by Crippen LogP contribution is 2.34. The number of hydrogen-bond donors (Lipinski definition) is 2. The summed E-state index contributed by atoms with van der Waals surface area (Å²) in [5.41, 5.74) is 0.948. The van der Waals surface area contributed by atoms with Crippen molar-refractivity contribution in [2.75, 3.05) is 7.05 Å². The lowest BCUT2D eigenvalue weighted by Gasteiger charge is -2.22. The van der Waals surface area contributed by atoms with Gasteiger partial charge in [-0.2, -0.15) is 0 Å². The first-order valence-corrected chi connectivity index (χ1v) is 9.08. The van der Waals surface area contributed by atoms with Gasteiger partial charge in [-0.3, -0.25) is 4.99 Å². The van der Waals surface area contributed by atoms with E-state index in [9.17, 15) is 0 Å². The lowest BCUT2D eigenvalue weighted by atomic mass is 9.96. The second kappa shape index (κ2) is 6.26. The SMILES string of the molecule is CN=C(NCc1nc2cc(Cl)ccc2s1)NC1CC2CCC1O2. The lowest BCUT2D eigenvalue weighted by molar-refractivity contribution is 0.0992. The van der Waals surface area contributed by atoms with Gasteiger partial charge in [0.2, 0.25) is 0 Å². The molecule has 2 aliphatic rings. The molecule has 0 radical (unpaired) electrons. The average Bonchev–Trinajstić information content (AvgIpc) is 3.25. The molecule has 0 aliphatic carbocycles. The van der Waals surface area contributed by atoms with E-state index in [4.69, 9.17) is 16.3 Å². The minimum atomic E-state index is 0.336. The van der Waals surface area contributed by atoms with E-state index in [1.165, 1.54) is 6.42 Å². The molecule has 4 rings (SSSR count). The fourth-order valence-corrected chi connectivity index (χ4v) is 4.40. The molecule has 3 unspecified atom stereocenters. The van der Waals surface area contributed by atoms with Crippen molar-refractivity contribution in [2.45, 2.75) is 44.1 Å². The minimum absolute atomic E-state index is 0.336. The fourth-order valence-electron chi connectivity index (χ4n) is 3.34. The largest absolute Gasteiger partial charge is 0.373 e. The van der Waals surface area contributed by atoms with Crippen LogP contribution in [0.2, 0.25) is 5.02 Å². The van der Waals surface area contributed by atoms with Gasteiger partial charge in [0, 0.05) is 12.1 Å². The normalized spacial score (nSPS) is 26.9. The number of nitrogens with one attached hydrogen (secondary N) is 2. The van der Waals surface area contributed by atoms with Crippen LogP contribution in [0.5, 0.6) is 0 Å². The number of hydrogen-bond acceptors (Lipinski definition) is 4. The Morgan fingerprint density at radius 1 is 1.48 bits per heavy atom. The second-order valence-electron chi connectivity index (χ2n) is 6.01. The molecule has 2 aliphatic heterocycles. The van der Waals surface area contributed by atoms with Gasteiger partial charge >= 0.3 is 0 Å². The third kappa shape index (κ3) is 3.16. The standard InChI is InChI=1S/C16H19ClN4OS/c1-18-16(21-11-7-10-3-4-13(11)22-10)19-8-15-20-12-6-9(17)2-5-14(12)23-15/h2,5-6,10-11,13H,3-4,7-8H2,1H3,(H2,18,19,21). The monoisotopic (exact) mass is 350 g/mol. The third-order valence-corrected chi connectivity index (χ3v) is 5.72. The van der Waals surface area contributed by atoms with Crippen molar-refractivity contribution in [3.05, 3.63) is 28.2 Å². The first kappa shape index (κ1) is 15.2. The van der Waals surface area contributed by atoms with Crippen molar-refractivity contribution < 1.29 is 4.74 Å². The molecular formula is C16H19ClN4OS. The highest BCUT2D eigenvalue weighted by atomic mass is 35.5. The summed E-state index contributed by atoms with van der Waals surface area (Å²) in [4.78, 5) is 8.93. The van der Waals surface area contributed by atoms with Crippen LogP contribution in [-0.4, -0.2) is 36.2 Å². The van der Waals surface area contributed by atoms with Crippen molar-refractivity contribution in [3.63, 3.8) is 0 Å². The zero-order valence-corrected chi connectivity index (χ0v) is 14.5. The molecule has 23 heavy (non-hydrogen) atoms. The number of aromatic nitrogens is 1. The number of ether oxygens (including phenoxy) is 1. The quantitative estimate of drug-likeness (QED) is 0.660. The molecule has 7 heteroatoms. The minimum Gasteiger partial charge on any atom is -0.373 e. The zero-order chi connectivity index (χ0) is 15.8. The summed E-state index contributed by atoms with van der Waals surface area (Å²) in [6.07, 6.45) is 4.19. The molecule has 2 aromatic rings. The summed E-state index contributed by atoms with van der Waals surface area (Å²) < 4.78 is 7.02. The van der Waals surface area contributed by atoms with Crippen LogP contribution in [0.25, 0.3) is 10.2 Å². The molecule has 0 amide bonds. The van der Waals surface area contributed by atoms with Crippen LogP contribution in [0, 0.1) is 0 Å². The Balaban J connectivity index is 1.38. The van der Waals surface area contributed by atoms with Gasteiger partial charge in [-0.05, 0) is 37.5 Å². The smallest absolute Gasteiger partial charge is 0.191 e. The molecule has 2 saturated heterocycles. The van der Waals surface area contributed by atoms with Crippen LogP contribution in [0.1, 0.15) is 24.3 Å². The summed E-state index contributed by atoms with van der Waals surface area (Å²) in [6.45, 7) is 0.651. The van der Waals surface area contributed by atoms with Gasteiger partial charge < -0.3 is 15.4 Å². The highest BCUT2D eigenvalue weighted by molar-refractivity contribution is 7.18. The first-order chi connectivity index (χ1) is 11.2. The van der Waals surface area contributed by atoms with Gasteiger partial charge in [0.25, 0.3) is 0 Å². The predicted molar refractivity (Wildman–Crippen MR) is 94.3 cm³/mol. The van der Waals surface area contributed by atoms with Gasteiger partial charge in [0.1, 0.15) is 5.01 Å². The zero-order valence-electron chi connectivity index (χ0n) is 12.9. The van der Waals surface area contributed by atoms with Gasteiger partial charge in [-0.15, -0.1) is 11.3 Å². The summed E-state index contributed by atoms with van der Waals surface area (Å²) in [6, 6.07) is 6.18. The molecule has 1 aromatic heterocycles. The van der Waals surface area contributed by atoms with E-state index in [0.29, 0.717) is 24.8 Å². The fraction of sp³-hybridized carbons (Fsp3) is 0.500.